The van der Waals surface area contributed by atoms with Gasteiger partial charge in [-0.3, -0.25) is 0 Å². The van der Waals surface area contributed by atoms with Crippen LogP contribution in [0.1, 0.15) is 13.8 Å². The molecule has 2 N–H and O–H groups in total. The molecule has 0 aliphatic carbocycles. The second kappa shape index (κ2) is 12.4. The van der Waals surface area contributed by atoms with E-state index in [1.165, 1.54) is 0 Å². The van der Waals surface area contributed by atoms with E-state index in [4.69, 9.17) is 9.47 Å². The summed E-state index contributed by atoms with van der Waals surface area (Å²) in [5.74, 6) is 2.34. The van der Waals surface area contributed by atoms with Crippen molar-refractivity contribution in [2.24, 2.45) is 4.99 Å². The van der Waals surface area contributed by atoms with E-state index >= 15 is 0 Å². The molecule has 26 heavy (non-hydrogen) atoms. The lowest BCUT2D eigenvalue weighted by Crippen LogP contribution is -2.39. The van der Waals surface area contributed by atoms with Crippen LogP contribution in [-0.2, 0) is 6.54 Å². The zero-order valence-corrected chi connectivity index (χ0v) is 17.8. The van der Waals surface area contributed by atoms with E-state index in [1.807, 2.05) is 48.9 Å². The van der Waals surface area contributed by atoms with E-state index in [1.54, 1.807) is 19.6 Å². The number of imidazole rings is 1. The Labute approximate surface area is 172 Å². The highest BCUT2D eigenvalue weighted by molar-refractivity contribution is 14.0. The van der Waals surface area contributed by atoms with Crippen LogP contribution in [0.4, 0.5) is 0 Å². The van der Waals surface area contributed by atoms with Gasteiger partial charge < -0.3 is 24.7 Å². The number of hydrogen-bond donors (Lipinski definition) is 2. The van der Waals surface area contributed by atoms with E-state index in [-0.39, 0.29) is 30.1 Å². The van der Waals surface area contributed by atoms with Crippen molar-refractivity contribution in [2.75, 3.05) is 26.7 Å². The number of nitrogens with zero attached hydrogens (tertiary/aromatic N) is 3. The summed E-state index contributed by atoms with van der Waals surface area (Å²) in [6.45, 7) is 7.01. The summed E-state index contributed by atoms with van der Waals surface area (Å²) < 4.78 is 13.1. The summed E-state index contributed by atoms with van der Waals surface area (Å²) >= 11 is 0. The summed E-state index contributed by atoms with van der Waals surface area (Å²) in [5.41, 5.74) is 0. The van der Waals surface area contributed by atoms with Gasteiger partial charge in [-0.05, 0) is 26.0 Å². The number of guanidine groups is 1. The molecule has 2 aromatic rings. The lowest BCUT2D eigenvalue weighted by Gasteiger charge is -2.15. The Morgan fingerprint density at radius 1 is 1.31 bits per heavy atom. The summed E-state index contributed by atoms with van der Waals surface area (Å²) in [4.78, 5) is 8.62. The average molecular weight is 473 g/mol. The highest BCUT2D eigenvalue weighted by Gasteiger charge is 2.05. The maximum atomic E-state index is 5.89. The molecule has 144 valence electrons. The van der Waals surface area contributed by atoms with E-state index in [0.717, 1.165) is 37.1 Å². The van der Waals surface area contributed by atoms with Gasteiger partial charge in [-0.1, -0.05) is 6.07 Å². The number of ether oxygens (including phenoxy) is 2. The van der Waals surface area contributed by atoms with E-state index in [0.29, 0.717) is 6.54 Å². The number of halogens is 1. The molecular weight excluding hydrogens is 445 g/mol. The Morgan fingerprint density at radius 2 is 2.12 bits per heavy atom. The summed E-state index contributed by atoms with van der Waals surface area (Å²) in [5, 5.41) is 6.55. The van der Waals surface area contributed by atoms with Crippen LogP contribution >= 0.6 is 24.0 Å². The topological polar surface area (TPSA) is 72.7 Å². The number of hydrogen-bond acceptors (Lipinski definition) is 4. The molecule has 0 aliphatic heterocycles. The summed E-state index contributed by atoms with van der Waals surface area (Å²) in [6, 6.07) is 7.58. The van der Waals surface area contributed by atoms with Crippen LogP contribution in [0.15, 0.2) is 48.0 Å². The first-order valence-electron chi connectivity index (χ1n) is 8.50. The predicted molar refractivity (Wildman–Crippen MR) is 115 cm³/mol. The van der Waals surface area contributed by atoms with Gasteiger partial charge in [0.05, 0.1) is 20.0 Å². The second-order valence-electron chi connectivity index (χ2n) is 5.55. The fourth-order valence-electron chi connectivity index (χ4n) is 2.23. The van der Waals surface area contributed by atoms with Crippen molar-refractivity contribution in [3.63, 3.8) is 0 Å². The Hall–Kier alpha value is -1.97. The lowest BCUT2D eigenvalue weighted by molar-refractivity contribution is 0.229. The van der Waals surface area contributed by atoms with Gasteiger partial charge in [0.15, 0.2) is 5.96 Å². The minimum atomic E-state index is -0.0452. The van der Waals surface area contributed by atoms with Crippen molar-refractivity contribution in [1.29, 1.82) is 0 Å². The van der Waals surface area contributed by atoms with Crippen molar-refractivity contribution in [1.82, 2.24) is 20.2 Å². The number of nitrogens with one attached hydrogen (secondary N) is 2. The van der Waals surface area contributed by atoms with Crippen LogP contribution in [0, 0.1) is 0 Å². The fraction of sp³-hybridized carbons (Fsp3) is 0.444. The van der Waals surface area contributed by atoms with Crippen molar-refractivity contribution in [3.8, 4) is 11.5 Å². The zero-order chi connectivity index (χ0) is 17.9. The SMILES string of the molecule is CCNC(=NCC(C)Oc1cccc(OC)c1)NCCn1ccnc1.I. The molecular formula is C18H28IN5O2. The zero-order valence-electron chi connectivity index (χ0n) is 15.5. The maximum absolute atomic E-state index is 5.89. The average Bonchev–Trinajstić information content (AvgIpc) is 3.13. The molecule has 0 bridgehead atoms. The van der Waals surface area contributed by atoms with E-state index in [2.05, 4.69) is 20.6 Å². The molecule has 0 aliphatic rings. The van der Waals surface area contributed by atoms with Crippen molar-refractivity contribution >= 4 is 29.9 Å². The maximum Gasteiger partial charge on any atom is 0.191 e. The second-order valence-corrected chi connectivity index (χ2v) is 5.55. The van der Waals surface area contributed by atoms with Crippen molar-refractivity contribution in [3.05, 3.63) is 43.0 Å². The molecule has 0 saturated heterocycles. The minimum absolute atomic E-state index is 0. The van der Waals surface area contributed by atoms with Gasteiger partial charge in [0.1, 0.15) is 17.6 Å². The van der Waals surface area contributed by atoms with Crippen molar-refractivity contribution < 1.29 is 9.47 Å². The standard InChI is InChI=1S/C18H27N5O2.HI/c1-4-20-18(21-9-11-23-10-8-19-14-23)22-13-15(2)25-17-7-5-6-16(12-17)24-3;/h5-8,10,12,14-15H,4,9,11,13H2,1-3H3,(H2,20,21,22);1H. The van der Waals surface area contributed by atoms with E-state index < -0.39 is 0 Å². The van der Waals surface area contributed by atoms with Crippen LogP contribution in [0.2, 0.25) is 0 Å². The van der Waals surface area contributed by atoms with Crippen LogP contribution in [-0.4, -0.2) is 48.4 Å². The van der Waals surface area contributed by atoms with Crippen LogP contribution < -0.4 is 20.1 Å². The van der Waals surface area contributed by atoms with Gasteiger partial charge in [-0.15, -0.1) is 24.0 Å². The largest absolute Gasteiger partial charge is 0.497 e. The van der Waals surface area contributed by atoms with E-state index in [9.17, 15) is 0 Å². The monoisotopic (exact) mass is 473 g/mol. The molecule has 0 saturated carbocycles. The highest BCUT2D eigenvalue weighted by atomic mass is 127. The van der Waals surface area contributed by atoms with Gasteiger partial charge in [-0.2, -0.15) is 0 Å². The molecule has 0 spiro atoms. The molecule has 7 nitrogen and oxygen atoms in total. The third kappa shape index (κ3) is 7.94. The third-order valence-electron chi connectivity index (χ3n) is 3.45. The van der Waals surface area contributed by atoms with Gasteiger partial charge in [-0.25, -0.2) is 9.98 Å². The molecule has 0 fully saturated rings. The first kappa shape index (κ1) is 22.1. The van der Waals surface area contributed by atoms with Crippen LogP contribution in [0.5, 0.6) is 11.5 Å². The Morgan fingerprint density at radius 3 is 2.81 bits per heavy atom. The van der Waals surface area contributed by atoms with Crippen LogP contribution in [0.3, 0.4) is 0 Å². The number of methoxy groups -OCH3 is 1. The first-order chi connectivity index (χ1) is 12.2. The lowest BCUT2D eigenvalue weighted by atomic mass is 10.3. The quantitative estimate of drug-likeness (QED) is 0.333. The molecule has 0 radical (unpaired) electrons. The Bertz CT molecular complexity index is 649. The molecule has 1 unspecified atom stereocenters. The van der Waals surface area contributed by atoms with Gasteiger partial charge in [0.2, 0.25) is 0 Å². The molecule has 0 amide bonds. The number of aromatic nitrogens is 2. The minimum Gasteiger partial charge on any atom is -0.497 e. The van der Waals surface area contributed by atoms with Crippen molar-refractivity contribution in [2.45, 2.75) is 26.5 Å². The first-order valence-corrected chi connectivity index (χ1v) is 8.50. The number of aliphatic imine (C=N–C) groups is 1. The molecule has 8 heteroatoms. The highest BCUT2D eigenvalue weighted by Crippen LogP contribution is 2.19. The fourth-order valence-corrected chi connectivity index (χ4v) is 2.23. The molecule has 1 aromatic carbocycles. The molecule has 2 rings (SSSR count). The summed E-state index contributed by atoms with van der Waals surface area (Å²) in [6.07, 6.45) is 5.47. The van der Waals surface area contributed by atoms with Crippen LogP contribution in [0.25, 0.3) is 0 Å². The number of rotatable bonds is 9. The predicted octanol–water partition coefficient (Wildman–Crippen LogP) is 2.53. The number of benzene rings is 1. The summed E-state index contributed by atoms with van der Waals surface area (Å²) in [7, 11) is 1.64. The Kier molecular flexibility index (Phi) is 10.5. The smallest absolute Gasteiger partial charge is 0.191 e. The molecule has 1 heterocycles. The van der Waals surface area contributed by atoms with Gasteiger partial charge >= 0.3 is 0 Å². The molecule has 1 atom stereocenters. The molecule has 1 aromatic heterocycles. The Balaban J connectivity index is 0.00000338. The third-order valence-corrected chi connectivity index (χ3v) is 3.45. The normalized spacial score (nSPS) is 12.0. The van der Waals surface area contributed by atoms with Gasteiger partial charge in [0.25, 0.3) is 0 Å². The van der Waals surface area contributed by atoms with Gasteiger partial charge in [0, 0.05) is 38.1 Å².